The van der Waals surface area contributed by atoms with Crippen molar-refractivity contribution in [2.75, 3.05) is 20.1 Å². The van der Waals surface area contributed by atoms with Crippen LogP contribution in [0, 0.1) is 0 Å². The van der Waals surface area contributed by atoms with Crippen LogP contribution in [0.2, 0.25) is 5.02 Å². The summed E-state index contributed by atoms with van der Waals surface area (Å²) < 4.78 is 0. The Morgan fingerprint density at radius 3 is 2.47 bits per heavy atom. The number of hydrogen-bond donors (Lipinski definition) is 6. The van der Waals surface area contributed by atoms with E-state index in [1.54, 1.807) is 25.6 Å². The monoisotopic (exact) mass is 781 g/mol. The smallest absolute Gasteiger partial charge is 0.245 e. The van der Waals surface area contributed by atoms with Crippen molar-refractivity contribution in [2.45, 2.75) is 79.5 Å². The van der Waals surface area contributed by atoms with Gasteiger partial charge in [-0.15, -0.1) is 0 Å². The summed E-state index contributed by atoms with van der Waals surface area (Å²) in [6.07, 6.45) is 9.88. The van der Waals surface area contributed by atoms with Crippen LogP contribution in [0.5, 0.6) is 0 Å². The summed E-state index contributed by atoms with van der Waals surface area (Å²) in [6.45, 7) is 1.30. The van der Waals surface area contributed by atoms with Crippen LogP contribution >= 0.6 is 23.4 Å². The summed E-state index contributed by atoms with van der Waals surface area (Å²) in [5.74, 6) is -1.04. The number of aromatic nitrogens is 3. The first-order valence-corrected chi connectivity index (χ1v) is 19.8. The molecule has 0 saturated heterocycles. The van der Waals surface area contributed by atoms with Crippen LogP contribution in [0.15, 0.2) is 95.2 Å². The van der Waals surface area contributed by atoms with E-state index in [9.17, 15) is 14.4 Å². The molecule has 5 aromatic rings. The van der Waals surface area contributed by atoms with E-state index in [2.05, 4.69) is 25.9 Å². The van der Waals surface area contributed by atoms with Crippen LogP contribution in [-0.4, -0.2) is 75.8 Å². The third-order valence-corrected chi connectivity index (χ3v) is 11.6. The molecule has 2 aromatic carbocycles. The Labute approximate surface area is 330 Å². The predicted molar refractivity (Wildman–Crippen MR) is 217 cm³/mol. The highest BCUT2D eigenvalue weighted by atomic mass is 35.5. The number of nitrogens with two attached hydrogens (primary N) is 2. The second-order valence-electron chi connectivity index (χ2n) is 13.7. The number of nitrogens with zero attached hydrogens (tertiary/aromatic N) is 3. The van der Waals surface area contributed by atoms with E-state index < -0.39 is 18.1 Å². The summed E-state index contributed by atoms with van der Waals surface area (Å²) >= 11 is 8.43. The number of nitrogens with one attached hydrogen (secondary N) is 4. The zero-order valence-corrected chi connectivity index (χ0v) is 32.5. The molecule has 3 amide bonds. The first-order chi connectivity index (χ1) is 26.8. The number of carbonyl (C=O) groups is 3. The average molecular weight is 782 g/mol. The molecule has 3 atom stereocenters. The number of H-pyrrole nitrogens is 1. The van der Waals surface area contributed by atoms with Gasteiger partial charge in [0.25, 0.3) is 0 Å². The van der Waals surface area contributed by atoms with Gasteiger partial charge in [-0.2, -0.15) is 0 Å². The molecular formula is C41H48ClN9O3S. The van der Waals surface area contributed by atoms with Crippen molar-refractivity contribution >= 4 is 52.0 Å². The third kappa shape index (κ3) is 9.72. The van der Waals surface area contributed by atoms with Crippen molar-refractivity contribution < 1.29 is 14.4 Å². The van der Waals surface area contributed by atoms with Crippen molar-refractivity contribution in [1.29, 1.82) is 0 Å². The number of benzene rings is 2. The van der Waals surface area contributed by atoms with E-state index in [4.69, 9.17) is 28.1 Å². The maximum absolute atomic E-state index is 14.5. The number of hydrogen-bond acceptors (Lipinski definition) is 9. The van der Waals surface area contributed by atoms with Gasteiger partial charge in [-0.05, 0) is 80.6 Å². The molecule has 0 bridgehead atoms. The molecule has 0 radical (unpaired) electrons. The van der Waals surface area contributed by atoms with Gasteiger partial charge in [-0.25, -0.2) is 0 Å². The lowest BCUT2D eigenvalue weighted by atomic mass is 10.0. The average Bonchev–Trinajstić information content (AvgIpc) is 3.62. The van der Waals surface area contributed by atoms with Gasteiger partial charge in [0, 0.05) is 83.2 Å². The van der Waals surface area contributed by atoms with Gasteiger partial charge in [-0.3, -0.25) is 24.4 Å². The Bertz CT molecular complexity index is 2100. The van der Waals surface area contributed by atoms with Crippen LogP contribution < -0.4 is 27.4 Å². The highest BCUT2D eigenvalue weighted by Gasteiger charge is 2.34. The second-order valence-corrected chi connectivity index (χ2v) is 15.1. The number of carbonyl (C=O) groups excluding carboxylic acids is 3. The Morgan fingerprint density at radius 1 is 0.891 bits per heavy atom. The van der Waals surface area contributed by atoms with E-state index in [1.807, 2.05) is 66.9 Å². The minimum absolute atomic E-state index is 0.0699. The van der Waals surface area contributed by atoms with Gasteiger partial charge in [0.1, 0.15) is 12.1 Å². The molecule has 1 aliphatic heterocycles. The number of unbranched alkanes of at least 4 members (excludes halogenated alkanes) is 1. The molecule has 55 heavy (non-hydrogen) atoms. The molecule has 0 aliphatic carbocycles. The standard InChI is InChI=1S/C41H48ClN9O3S/c1-51-35(20-28-23-46-32-13-4-3-12-29(28)32)40(53)49-24-30-31(42)25-48-37(27-11-9-19-45-21-27)38(30)55-36-16-5-2-10-26(36)22-47-33(15-8-18-44)39(52)50-34(41(51)54)14-6-7-17-43/h2-5,9-13,16,19,21,23,25,33-35,46-47H,6-8,14-15,17-18,20,22,24,43-44H2,1H3,(H,49,53)(H,50,52)/t33-,34-,35-/m0/s1. The molecule has 0 fully saturated rings. The quantitative estimate of drug-likeness (QED) is 0.107. The zero-order chi connectivity index (χ0) is 38.7. The van der Waals surface area contributed by atoms with Gasteiger partial charge in [-0.1, -0.05) is 59.8 Å². The van der Waals surface area contributed by atoms with Crippen molar-refractivity contribution in [3.05, 3.63) is 107 Å². The Balaban J connectivity index is 1.46. The molecule has 0 saturated carbocycles. The first-order valence-electron chi connectivity index (χ1n) is 18.7. The minimum Gasteiger partial charge on any atom is -0.361 e. The topological polar surface area (TPSA) is 184 Å². The van der Waals surface area contributed by atoms with Gasteiger partial charge >= 0.3 is 0 Å². The third-order valence-electron chi connectivity index (χ3n) is 9.96. The lowest BCUT2D eigenvalue weighted by Gasteiger charge is -2.32. The number of para-hydroxylation sites is 1. The summed E-state index contributed by atoms with van der Waals surface area (Å²) in [5, 5.41) is 11.0. The number of likely N-dealkylation sites (N-methyl/N-ethyl adjacent to an activating group) is 1. The number of fused-ring (bicyclic) bond motifs is 3. The SMILES string of the molecule is CN1C(=O)[C@H](CCCCN)NC(=O)[C@H](CCCN)NCc2ccccc2Sc2c(-c3cccnc3)ncc(Cl)c2CNC(=O)[C@@H]1Cc1c[nH]c2ccccc12. The summed E-state index contributed by atoms with van der Waals surface area (Å²) in [6, 6.07) is 17.1. The van der Waals surface area contributed by atoms with Crippen LogP contribution in [0.4, 0.5) is 0 Å². The van der Waals surface area contributed by atoms with Crippen molar-refractivity contribution in [2.24, 2.45) is 11.5 Å². The molecular weight excluding hydrogens is 734 g/mol. The summed E-state index contributed by atoms with van der Waals surface area (Å²) in [5.41, 5.74) is 16.6. The van der Waals surface area contributed by atoms with Crippen LogP contribution in [0.1, 0.15) is 48.8 Å². The number of pyridine rings is 2. The van der Waals surface area contributed by atoms with Crippen LogP contribution in [0.25, 0.3) is 22.2 Å². The fourth-order valence-electron chi connectivity index (χ4n) is 6.86. The fourth-order valence-corrected chi connectivity index (χ4v) is 8.34. The van der Waals surface area contributed by atoms with E-state index in [0.717, 1.165) is 37.4 Å². The largest absolute Gasteiger partial charge is 0.361 e. The Kier molecular flexibility index (Phi) is 13.9. The zero-order valence-electron chi connectivity index (χ0n) is 30.9. The maximum atomic E-state index is 14.5. The Hall–Kier alpha value is -4.79. The van der Waals surface area contributed by atoms with Crippen LogP contribution in [-0.2, 0) is 33.9 Å². The highest BCUT2D eigenvalue weighted by molar-refractivity contribution is 7.99. The normalized spacial score (nSPS) is 18.7. The van der Waals surface area contributed by atoms with Crippen LogP contribution in [0.3, 0.4) is 0 Å². The van der Waals surface area contributed by atoms with Gasteiger partial charge in [0.2, 0.25) is 17.7 Å². The molecule has 3 aromatic heterocycles. The van der Waals surface area contributed by atoms with E-state index in [-0.39, 0.29) is 30.7 Å². The first kappa shape index (κ1) is 39.9. The molecule has 0 spiro atoms. The Morgan fingerprint density at radius 2 is 1.67 bits per heavy atom. The molecule has 288 valence electrons. The fraction of sp³-hybridized carbons (Fsp3) is 0.341. The second kappa shape index (κ2) is 19.2. The molecule has 6 rings (SSSR count). The highest BCUT2D eigenvalue weighted by Crippen LogP contribution is 2.41. The van der Waals surface area contributed by atoms with E-state index in [0.29, 0.717) is 68.0 Å². The van der Waals surface area contributed by atoms with Gasteiger partial charge in [0.05, 0.1) is 16.8 Å². The molecule has 4 heterocycles. The minimum atomic E-state index is -0.933. The maximum Gasteiger partial charge on any atom is 0.245 e. The molecule has 8 N–H and O–H groups in total. The molecule has 12 nitrogen and oxygen atoms in total. The van der Waals surface area contributed by atoms with Crippen molar-refractivity contribution in [3.8, 4) is 11.3 Å². The van der Waals surface area contributed by atoms with Gasteiger partial charge in [0.15, 0.2) is 0 Å². The molecule has 0 unspecified atom stereocenters. The van der Waals surface area contributed by atoms with Crippen molar-refractivity contribution in [1.82, 2.24) is 35.8 Å². The molecule has 1 aliphatic rings. The summed E-state index contributed by atoms with van der Waals surface area (Å²) in [4.78, 5) is 58.7. The van der Waals surface area contributed by atoms with E-state index in [1.165, 1.54) is 16.7 Å². The number of amides is 3. The number of halogens is 1. The predicted octanol–water partition coefficient (Wildman–Crippen LogP) is 4.94. The lowest BCUT2D eigenvalue weighted by Crippen LogP contribution is -2.57. The number of rotatable bonds is 10. The van der Waals surface area contributed by atoms with Gasteiger partial charge < -0.3 is 37.3 Å². The molecule has 14 heteroatoms. The summed E-state index contributed by atoms with van der Waals surface area (Å²) in [7, 11) is 1.62. The number of aromatic amines is 1. The van der Waals surface area contributed by atoms with Crippen molar-refractivity contribution in [3.63, 3.8) is 0 Å². The lowest BCUT2D eigenvalue weighted by molar-refractivity contribution is -0.142. The van der Waals surface area contributed by atoms with E-state index >= 15 is 0 Å².